The van der Waals surface area contributed by atoms with E-state index in [4.69, 9.17) is 11.6 Å². The maximum Gasteiger partial charge on any atom is 0.290 e. The van der Waals surface area contributed by atoms with Crippen molar-refractivity contribution in [3.05, 3.63) is 111 Å². The van der Waals surface area contributed by atoms with Gasteiger partial charge in [0, 0.05) is 21.6 Å². The van der Waals surface area contributed by atoms with Gasteiger partial charge in [0.1, 0.15) is 0 Å². The number of hydrogen-bond acceptors (Lipinski definition) is 2. The first-order chi connectivity index (χ1) is 13.5. The zero-order valence-corrected chi connectivity index (χ0v) is 17.2. The highest BCUT2D eigenvalue weighted by Gasteiger charge is 2.40. The highest BCUT2D eigenvalue weighted by atomic mass is 79.9. The molecule has 0 unspecified atom stereocenters. The molecular formula is C23H17BrClNO2. The summed E-state index contributed by atoms with van der Waals surface area (Å²) in [6.07, 6.45) is 0. The summed E-state index contributed by atoms with van der Waals surface area (Å²) in [4.78, 5) is 14.7. The Morgan fingerprint density at radius 2 is 1.57 bits per heavy atom. The summed E-state index contributed by atoms with van der Waals surface area (Å²) in [5, 5.41) is 11.4. The first kappa shape index (κ1) is 18.8. The number of amides is 1. The quantitative estimate of drug-likeness (QED) is 0.513. The number of rotatable bonds is 4. The van der Waals surface area contributed by atoms with E-state index in [0.29, 0.717) is 17.1 Å². The SMILES string of the molecule is O=C1C(O)=C(c2ccccc2)[C@@H](c2ccc(Br)cc2)N1Cc1ccc(Cl)cc1. The number of halogens is 2. The van der Waals surface area contributed by atoms with Crippen LogP contribution in [0.25, 0.3) is 5.57 Å². The van der Waals surface area contributed by atoms with Crippen LogP contribution in [-0.2, 0) is 11.3 Å². The van der Waals surface area contributed by atoms with Crippen molar-refractivity contribution in [2.75, 3.05) is 0 Å². The van der Waals surface area contributed by atoms with Crippen molar-refractivity contribution in [2.45, 2.75) is 12.6 Å². The standard InChI is InChI=1S/C23H17BrClNO2/c24-18-10-8-17(9-11-18)21-20(16-4-2-1-3-5-16)22(27)23(28)26(21)14-15-6-12-19(25)13-7-15/h1-13,21,27H,14H2/t21-/m1/s1. The molecule has 0 saturated heterocycles. The Kier molecular flexibility index (Phi) is 5.25. The minimum Gasteiger partial charge on any atom is -0.503 e. The molecule has 0 aromatic heterocycles. The molecule has 28 heavy (non-hydrogen) atoms. The second-order valence-electron chi connectivity index (χ2n) is 6.64. The minimum atomic E-state index is -0.376. The predicted molar refractivity (Wildman–Crippen MR) is 115 cm³/mol. The number of carbonyl (C=O) groups excluding carboxylic acids is 1. The fourth-order valence-electron chi connectivity index (χ4n) is 3.51. The molecule has 0 fully saturated rings. The molecular weight excluding hydrogens is 438 g/mol. The van der Waals surface area contributed by atoms with Gasteiger partial charge in [0.05, 0.1) is 6.04 Å². The molecule has 140 valence electrons. The van der Waals surface area contributed by atoms with Gasteiger partial charge in [-0.25, -0.2) is 0 Å². The number of carbonyl (C=O) groups is 1. The molecule has 1 N–H and O–H groups in total. The first-order valence-electron chi connectivity index (χ1n) is 8.84. The summed E-state index contributed by atoms with van der Waals surface area (Å²) in [5.41, 5.74) is 3.34. The Hall–Kier alpha value is -2.56. The van der Waals surface area contributed by atoms with E-state index >= 15 is 0 Å². The van der Waals surface area contributed by atoms with Gasteiger partial charge in [0.2, 0.25) is 0 Å². The summed E-state index contributed by atoms with van der Waals surface area (Å²) in [6.45, 7) is 0.372. The lowest BCUT2D eigenvalue weighted by molar-refractivity contribution is -0.130. The molecule has 3 nitrogen and oxygen atoms in total. The Bertz CT molecular complexity index is 1030. The van der Waals surface area contributed by atoms with Crippen LogP contribution in [0.4, 0.5) is 0 Å². The topological polar surface area (TPSA) is 40.5 Å². The lowest BCUT2D eigenvalue weighted by Gasteiger charge is -2.27. The van der Waals surface area contributed by atoms with Crippen LogP contribution in [-0.4, -0.2) is 15.9 Å². The first-order valence-corrected chi connectivity index (χ1v) is 10.0. The predicted octanol–water partition coefficient (Wildman–Crippen LogP) is 6.16. The van der Waals surface area contributed by atoms with E-state index in [1.54, 1.807) is 17.0 Å². The third-order valence-electron chi connectivity index (χ3n) is 4.84. The molecule has 1 aliphatic heterocycles. The van der Waals surface area contributed by atoms with Gasteiger partial charge in [-0.3, -0.25) is 4.79 Å². The maximum atomic E-state index is 13.0. The highest BCUT2D eigenvalue weighted by Crippen LogP contribution is 2.43. The number of hydrogen-bond donors (Lipinski definition) is 1. The molecule has 3 aromatic carbocycles. The molecule has 3 aromatic rings. The highest BCUT2D eigenvalue weighted by molar-refractivity contribution is 9.10. The molecule has 4 rings (SSSR count). The smallest absolute Gasteiger partial charge is 0.290 e. The van der Waals surface area contributed by atoms with Crippen molar-refractivity contribution in [2.24, 2.45) is 0 Å². The van der Waals surface area contributed by atoms with E-state index in [9.17, 15) is 9.90 Å². The zero-order chi connectivity index (χ0) is 19.7. The summed E-state index contributed by atoms with van der Waals surface area (Å²) in [6, 6.07) is 24.4. The van der Waals surface area contributed by atoms with Crippen LogP contribution in [0.2, 0.25) is 5.02 Å². The molecule has 0 radical (unpaired) electrons. The van der Waals surface area contributed by atoms with Crippen LogP contribution in [0.3, 0.4) is 0 Å². The van der Waals surface area contributed by atoms with E-state index in [0.717, 1.165) is 21.2 Å². The third kappa shape index (κ3) is 3.58. The van der Waals surface area contributed by atoms with Crippen molar-refractivity contribution in [1.29, 1.82) is 0 Å². The minimum absolute atomic E-state index is 0.201. The number of aliphatic hydroxyl groups is 1. The van der Waals surface area contributed by atoms with E-state index in [2.05, 4.69) is 15.9 Å². The van der Waals surface area contributed by atoms with Gasteiger partial charge in [0.15, 0.2) is 5.76 Å². The van der Waals surface area contributed by atoms with Gasteiger partial charge in [0.25, 0.3) is 5.91 Å². The number of nitrogens with zero attached hydrogens (tertiary/aromatic N) is 1. The van der Waals surface area contributed by atoms with Crippen LogP contribution in [0.15, 0.2) is 89.1 Å². The number of aliphatic hydroxyl groups excluding tert-OH is 1. The second kappa shape index (κ2) is 7.82. The Morgan fingerprint density at radius 1 is 0.929 bits per heavy atom. The summed E-state index contributed by atoms with van der Waals surface area (Å²) >= 11 is 9.45. The van der Waals surface area contributed by atoms with Crippen LogP contribution in [0, 0.1) is 0 Å². The van der Waals surface area contributed by atoms with Crippen molar-refractivity contribution in [3.63, 3.8) is 0 Å². The molecule has 1 aliphatic rings. The monoisotopic (exact) mass is 453 g/mol. The van der Waals surface area contributed by atoms with Gasteiger partial charge < -0.3 is 10.0 Å². The molecule has 0 aliphatic carbocycles. The van der Waals surface area contributed by atoms with E-state index in [-0.39, 0.29) is 17.7 Å². The van der Waals surface area contributed by atoms with Gasteiger partial charge in [-0.05, 0) is 41.0 Å². The second-order valence-corrected chi connectivity index (χ2v) is 7.99. The zero-order valence-electron chi connectivity index (χ0n) is 14.8. The molecule has 1 heterocycles. The Balaban J connectivity index is 1.80. The van der Waals surface area contributed by atoms with Crippen molar-refractivity contribution >= 4 is 39.0 Å². The van der Waals surface area contributed by atoms with Crippen molar-refractivity contribution in [1.82, 2.24) is 4.90 Å². The van der Waals surface area contributed by atoms with Crippen molar-refractivity contribution in [3.8, 4) is 0 Å². The maximum absolute atomic E-state index is 13.0. The van der Waals surface area contributed by atoms with E-state index in [1.807, 2.05) is 66.7 Å². The number of benzene rings is 3. The molecule has 5 heteroatoms. The van der Waals surface area contributed by atoms with Gasteiger partial charge in [-0.2, -0.15) is 0 Å². The van der Waals surface area contributed by atoms with Crippen LogP contribution >= 0.6 is 27.5 Å². The lowest BCUT2D eigenvalue weighted by Crippen LogP contribution is -2.29. The van der Waals surface area contributed by atoms with Gasteiger partial charge >= 0.3 is 0 Å². The fraction of sp³-hybridized carbons (Fsp3) is 0.0870. The molecule has 1 atom stereocenters. The normalized spacial score (nSPS) is 16.7. The lowest BCUT2D eigenvalue weighted by atomic mass is 9.93. The third-order valence-corrected chi connectivity index (χ3v) is 5.62. The van der Waals surface area contributed by atoms with Crippen LogP contribution < -0.4 is 0 Å². The van der Waals surface area contributed by atoms with Crippen molar-refractivity contribution < 1.29 is 9.90 Å². The van der Waals surface area contributed by atoms with Crippen LogP contribution in [0.5, 0.6) is 0 Å². The summed E-state index contributed by atoms with van der Waals surface area (Å²) in [5.74, 6) is -0.574. The Labute approximate surface area is 177 Å². The average molecular weight is 455 g/mol. The van der Waals surface area contributed by atoms with E-state index in [1.165, 1.54) is 0 Å². The fourth-order valence-corrected chi connectivity index (χ4v) is 3.90. The molecule has 0 bridgehead atoms. The van der Waals surface area contributed by atoms with Gasteiger partial charge in [-0.15, -0.1) is 0 Å². The van der Waals surface area contributed by atoms with Gasteiger partial charge in [-0.1, -0.05) is 82.1 Å². The molecule has 0 saturated carbocycles. The van der Waals surface area contributed by atoms with E-state index < -0.39 is 0 Å². The largest absolute Gasteiger partial charge is 0.503 e. The summed E-state index contributed by atoms with van der Waals surface area (Å²) < 4.78 is 0.958. The molecule has 0 spiro atoms. The summed E-state index contributed by atoms with van der Waals surface area (Å²) in [7, 11) is 0. The average Bonchev–Trinajstić information content (AvgIpc) is 2.96. The van der Waals surface area contributed by atoms with Crippen LogP contribution in [0.1, 0.15) is 22.7 Å². The molecule has 1 amide bonds. The Morgan fingerprint density at radius 3 is 2.21 bits per heavy atom.